The first kappa shape index (κ1) is 14.9. The lowest BCUT2D eigenvalue weighted by molar-refractivity contribution is 0.0514. The molecule has 0 heterocycles. The SMILES string of the molecule is CCC(C)(O)CNC1CCCC(S(C)(=O)=O)C1. The molecule has 1 fully saturated rings. The Bertz CT molecular complexity index is 338. The Labute approximate surface area is 105 Å². The molecule has 0 bridgehead atoms. The van der Waals surface area contributed by atoms with Gasteiger partial charge in [-0.1, -0.05) is 13.3 Å². The summed E-state index contributed by atoms with van der Waals surface area (Å²) < 4.78 is 23.0. The van der Waals surface area contributed by atoms with Crippen molar-refractivity contribution in [2.45, 2.75) is 62.8 Å². The summed E-state index contributed by atoms with van der Waals surface area (Å²) in [5.74, 6) is 0. The number of hydrogen-bond donors (Lipinski definition) is 2. The van der Waals surface area contributed by atoms with Gasteiger partial charge in [0.1, 0.15) is 9.84 Å². The fourth-order valence-corrected chi connectivity index (χ4v) is 3.39. The van der Waals surface area contributed by atoms with Crippen LogP contribution in [-0.4, -0.2) is 43.2 Å². The molecule has 0 aliphatic heterocycles. The molecule has 0 spiro atoms. The molecule has 1 aliphatic carbocycles. The highest BCUT2D eigenvalue weighted by atomic mass is 32.2. The molecular weight excluding hydrogens is 238 g/mol. The van der Waals surface area contributed by atoms with Crippen LogP contribution >= 0.6 is 0 Å². The van der Waals surface area contributed by atoms with Gasteiger partial charge in [-0.3, -0.25) is 0 Å². The third kappa shape index (κ3) is 4.94. The smallest absolute Gasteiger partial charge is 0.150 e. The molecule has 17 heavy (non-hydrogen) atoms. The van der Waals surface area contributed by atoms with Crippen LogP contribution in [0.25, 0.3) is 0 Å². The largest absolute Gasteiger partial charge is 0.389 e. The summed E-state index contributed by atoms with van der Waals surface area (Å²) in [6, 6.07) is 0.224. The summed E-state index contributed by atoms with van der Waals surface area (Å²) in [6.45, 7) is 4.28. The van der Waals surface area contributed by atoms with Gasteiger partial charge in [0.05, 0.1) is 10.9 Å². The maximum Gasteiger partial charge on any atom is 0.150 e. The van der Waals surface area contributed by atoms with Gasteiger partial charge in [0.15, 0.2) is 0 Å². The Hall–Kier alpha value is -0.130. The van der Waals surface area contributed by atoms with Gasteiger partial charge in [0, 0.05) is 18.8 Å². The maximum absolute atomic E-state index is 11.5. The molecule has 3 atom stereocenters. The summed E-state index contributed by atoms with van der Waals surface area (Å²) in [5, 5.41) is 13.0. The zero-order valence-corrected chi connectivity index (χ0v) is 11.9. The van der Waals surface area contributed by atoms with Crippen molar-refractivity contribution in [3.8, 4) is 0 Å². The predicted molar refractivity (Wildman–Crippen MR) is 69.8 cm³/mol. The van der Waals surface area contributed by atoms with E-state index in [9.17, 15) is 13.5 Å². The number of nitrogens with one attached hydrogen (secondary N) is 1. The highest BCUT2D eigenvalue weighted by molar-refractivity contribution is 7.91. The van der Waals surface area contributed by atoms with E-state index in [1.165, 1.54) is 6.26 Å². The molecule has 1 rings (SSSR count). The zero-order valence-electron chi connectivity index (χ0n) is 11.1. The zero-order chi connectivity index (χ0) is 13.1. The minimum absolute atomic E-state index is 0.208. The molecule has 2 N–H and O–H groups in total. The van der Waals surface area contributed by atoms with Gasteiger partial charge in [-0.05, 0) is 32.6 Å². The molecule has 1 aliphatic rings. The minimum atomic E-state index is -2.92. The highest BCUT2D eigenvalue weighted by Crippen LogP contribution is 2.24. The van der Waals surface area contributed by atoms with Crippen molar-refractivity contribution in [3.63, 3.8) is 0 Å². The highest BCUT2D eigenvalue weighted by Gasteiger charge is 2.29. The molecule has 0 aromatic carbocycles. The van der Waals surface area contributed by atoms with E-state index in [2.05, 4.69) is 5.32 Å². The molecule has 4 nitrogen and oxygen atoms in total. The molecule has 0 radical (unpaired) electrons. The molecule has 0 saturated heterocycles. The predicted octanol–water partition coefficient (Wildman–Crippen LogP) is 1.09. The van der Waals surface area contributed by atoms with Crippen LogP contribution in [-0.2, 0) is 9.84 Å². The Kier molecular flexibility index (Phi) is 4.98. The van der Waals surface area contributed by atoms with Crippen LogP contribution in [0.2, 0.25) is 0 Å². The van der Waals surface area contributed by atoms with Crippen LogP contribution in [0, 0.1) is 0 Å². The Morgan fingerprint density at radius 1 is 1.41 bits per heavy atom. The van der Waals surface area contributed by atoms with Crippen LogP contribution in [0.5, 0.6) is 0 Å². The average Bonchev–Trinajstić information content (AvgIpc) is 2.26. The van der Waals surface area contributed by atoms with Crippen molar-refractivity contribution in [1.82, 2.24) is 5.32 Å². The topological polar surface area (TPSA) is 66.4 Å². The number of rotatable bonds is 5. The number of sulfone groups is 1. The lowest BCUT2D eigenvalue weighted by atomic mass is 9.94. The molecule has 0 amide bonds. The van der Waals surface area contributed by atoms with Crippen LogP contribution in [0.15, 0.2) is 0 Å². The van der Waals surface area contributed by atoms with Crippen LogP contribution in [0.3, 0.4) is 0 Å². The van der Waals surface area contributed by atoms with Crippen molar-refractivity contribution >= 4 is 9.84 Å². The lowest BCUT2D eigenvalue weighted by Crippen LogP contribution is -2.45. The summed E-state index contributed by atoms with van der Waals surface area (Å²) in [5.41, 5.74) is -0.696. The quantitative estimate of drug-likeness (QED) is 0.779. The van der Waals surface area contributed by atoms with Crippen molar-refractivity contribution in [2.24, 2.45) is 0 Å². The molecule has 1 saturated carbocycles. The first-order valence-corrected chi connectivity index (χ1v) is 8.34. The van der Waals surface area contributed by atoms with Crippen molar-refractivity contribution < 1.29 is 13.5 Å². The standard InChI is InChI=1S/C12H25NO3S/c1-4-12(2,14)9-13-10-6-5-7-11(8-10)17(3,15)16/h10-11,13-14H,4-9H2,1-3H3. The van der Waals surface area contributed by atoms with Crippen LogP contribution in [0.1, 0.15) is 46.0 Å². The van der Waals surface area contributed by atoms with Crippen molar-refractivity contribution in [2.75, 3.05) is 12.8 Å². The van der Waals surface area contributed by atoms with Crippen molar-refractivity contribution in [1.29, 1.82) is 0 Å². The molecule has 3 unspecified atom stereocenters. The van der Waals surface area contributed by atoms with Gasteiger partial charge >= 0.3 is 0 Å². The second-order valence-electron chi connectivity index (χ2n) is 5.55. The summed E-state index contributed by atoms with van der Waals surface area (Å²) in [6.07, 6.45) is 5.43. The van der Waals surface area contributed by atoms with Gasteiger partial charge in [-0.15, -0.1) is 0 Å². The molecule has 0 aromatic heterocycles. The van der Waals surface area contributed by atoms with E-state index < -0.39 is 15.4 Å². The summed E-state index contributed by atoms with van der Waals surface area (Å²) in [7, 11) is -2.92. The van der Waals surface area contributed by atoms with E-state index >= 15 is 0 Å². The number of aliphatic hydroxyl groups is 1. The van der Waals surface area contributed by atoms with Gasteiger partial charge in [0.2, 0.25) is 0 Å². The fourth-order valence-electron chi connectivity index (χ4n) is 2.21. The van der Waals surface area contributed by atoms with Crippen LogP contribution in [0.4, 0.5) is 0 Å². The summed E-state index contributed by atoms with van der Waals surface area (Å²) >= 11 is 0. The fraction of sp³-hybridized carbons (Fsp3) is 1.00. The van der Waals surface area contributed by atoms with E-state index in [-0.39, 0.29) is 11.3 Å². The third-order valence-corrected chi connectivity index (χ3v) is 5.40. The van der Waals surface area contributed by atoms with Gasteiger partial charge in [-0.2, -0.15) is 0 Å². The second kappa shape index (κ2) is 5.67. The molecule has 102 valence electrons. The first-order chi connectivity index (χ1) is 7.74. The monoisotopic (exact) mass is 263 g/mol. The first-order valence-electron chi connectivity index (χ1n) is 6.39. The molecule has 5 heteroatoms. The van der Waals surface area contributed by atoms with Gasteiger partial charge in [0.25, 0.3) is 0 Å². The van der Waals surface area contributed by atoms with Crippen molar-refractivity contribution in [3.05, 3.63) is 0 Å². The molecular formula is C12H25NO3S. The van der Waals surface area contributed by atoms with Gasteiger partial charge in [-0.25, -0.2) is 8.42 Å². The maximum atomic E-state index is 11.5. The van der Waals surface area contributed by atoms with E-state index in [1.807, 2.05) is 6.92 Å². The van der Waals surface area contributed by atoms with E-state index in [0.29, 0.717) is 19.4 Å². The Balaban J connectivity index is 2.46. The Morgan fingerprint density at radius 3 is 2.59 bits per heavy atom. The third-order valence-electron chi connectivity index (χ3n) is 3.76. The average molecular weight is 263 g/mol. The van der Waals surface area contributed by atoms with E-state index in [0.717, 1.165) is 19.3 Å². The summed E-state index contributed by atoms with van der Waals surface area (Å²) in [4.78, 5) is 0. The normalized spacial score (nSPS) is 29.9. The van der Waals surface area contributed by atoms with Gasteiger partial charge < -0.3 is 10.4 Å². The van der Waals surface area contributed by atoms with E-state index in [1.54, 1.807) is 6.92 Å². The Morgan fingerprint density at radius 2 is 2.06 bits per heavy atom. The lowest BCUT2D eigenvalue weighted by Gasteiger charge is -2.31. The van der Waals surface area contributed by atoms with Crippen LogP contribution < -0.4 is 5.32 Å². The molecule has 0 aromatic rings. The second-order valence-corrected chi connectivity index (χ2v) is 7.87. The minimum Gasteiger partial charge on any atom is -0.389 e. The number of hydrogen-bond acceptors (Lipinski definition) is 4. The van der Waals surface area contributed by atoms with E-state index in [4.69, 9.17) is 0 Å².